The fraction of sp³-hybridized carbons (Fsp3) is 0.429. The SMILES string of the molecule is COC1(c2noc(CNc3ccccc3)n2)CCC1. The van der Waals surface area contributed by atoms with Gasteiger partial charge in [-0.25, -0.2) is 0 Å². The number of rotatable bonds is 5. The molecule has 0 amide bonds. The Morgan fingerprint density at radius 1 is 1.32 bits per heavy atom. The minimum atomic E-state index is -0.311. The Kier molecular flexibility index (Phi) is 3.21. The molecule has 1 aliphatic carbocycles. The second kappa shape index (κ2) is 5.01. The quantitative estimate of drug-likeness (QED) is 0.894. The molecule has 0 saturated heterocycles. The first-order chi connectivity index (χ1) is 9.32. The molecule has 1 fully saturated rings. The molecule has 0 unspecified atom stereocenters. The maximum absolute atomic E-state index is 5.53. The number of aromatic nitrogens is 2. The van der Waals surface area contributed by atoms with Crippen molar-refractivity contribution in [2.45, 2.75) is 31.4 Å². The minimum Gasteiger partial charge on any atom is -0.376 e. The van der Waals surface area contributed by atoms with Crippen molar-refractivity contribution in [2.24, 2.45) is 0 Å². The van der Waals surface area contributed by atoms with Crippen LogP contribution < -0.4 is 5.32 Å². The third kappa shape index (κ3) is 2.33. The molecule has 0 bridgehead atoms. The molecule has 1 N–H and O–H groups in total. The largest absolute Gasteiger partial charge is 0.376 e. The summed E-state index contributed by atoms with van der Waals surface area (Å²) < 4.78 is 10.8. The summed E-state index contributed by atoms with van der Waals surface area (Å²) in [6.07, 6.45) is 3.09. The highest BCUT2D eigenvalue weighted by atomic mass is 16.5. The Morgan fingerprint density at radius 2 is 2.11 bits per heavy atom. The van der Waals surface area contributed by atoms with Crippen LogP contribution in [0.3, 0.4) is 0 Å². The van der Waals surface area contributed by atoms with E-state index in [4.69, 9.17) is 9.26 Å². The first-order valence-corrected chi connectivity index (χ1v) is 6.49. The number of hydrogen-bond donors (Lipinski definition) is 1. The molecule has 1 aromatic carbocycles. The third-order valence-corrected chi connectivity index (χ3v) is 3.65. The van der Waals surface area contributed by atoms with Crippen LogP contribution in [-0.2, 0) is 16.9 Å². The van der Waals surface area contributed by atoms with Crippen molar-refractivity contribution in [1.29, 1.82) is 0 Å². The van der Waals surface area contributed by atoms with Crippen LogP contribution in [0.1, 0.15) is 31.0 Å². The Balaban J connectivity index is 1.65. The van der Waals surface area contributed by atoms with E-state index in [1.807, 2.05) is 30.3 Å². The number of methoxy groups -OCH3 is 1. The van der Waals surface area contributed by atoms with Gasteiger partial charge in [-0.1, -0.05) is 23.4 Å². The van der Waals surface area contributed by atoms with Crippen LogP contribution >= 0.6 is 0 Å². The predicted molar refractivity (Wildman–Crippen MR) is 70.6 cm³/mol. The van der Waals surface area contributed by atoms with Crippen molar-refractivity contribution >= 4 is 5.69 Å². The molecule has 2 aromatic rings. The van der Waals surface area contributed by atoms with Crippen molar-refractivity contribution in [3.05, 3.63) is 42.0 Å². The average molecular weight is 259 g/mol. The first-order valence-electron chi connectivity index (χ1n) is 6.49. The summed E-state index contributed by atoms with van der Waals surface area (Å²) >= 11 is 0. The molecule has 1 aromatic heterocycles. The van der Waals surface area contributed by atoms with E-state index < -0.39 is 0 Å². The highest BCUT2D eigenvalue weighted by Gasteiger charge is 2.43. The average Bonchev–Trinajstić information content (AvgIpc) is 2.86. The molecule has 1 aliphatic rings. The topological polar surface area (TPSA) is 60.2 Å². The maximum atomic E-state index is 5.53. The monoisotopic (exact) mass is 259 g/mol. The Morgan fingerprint density at radius 3 is 2.74 bits per heavy atom. The lowest BCUT2D eigenvalue weighted by atomic mass is 9.79. The highest BCUT2D eigenvalue weighted by molar-refractivity contribution is 5.42. The molecule has 0 spiro atoms. The minimum absolute atomic E-state index is 0.311. The molecule has 19 heavy (non-hydrogen) atoms. The lowest BCUT2D eigenvalue weighted by Crippen LogP contribution is -2.37. The third-order valence-electron chi connectivity index (χ3n) is 3.65. The smallest absolute Gasteiger partial charge is 0.246 e. The van der Waals surface area contributed by atoms with E-state index in [0.717, 1.165) is 24.9 Å². The van der Waals surface area contributed by atoms with Gasteiger partial charge in [0.15, 0.2) is 0 Å². The van der Waals surface area contributed by atoms with Crippen LogP contribution in [0, 0.1) is 0 Å². The van der Waals surface area contributed by atoms with Crippen LogP contribution in [0.4, 0.5) is 5.69 Å². The van der Waals surface area contributed by atoms with Crippen molar-refractivity contribution in [2.75, 3.05) is 12.4 Å². The Bertz CT molecular complexity index is 529. The first kappa shape index (κ1) is 12.2. The number of anilines is 1. The molecular formula is C14H17N3O2. The van der Waals surface area contributed by atoms with Crippen LogP contribution in [0.25, 0.3) is 0 Å². The van der Waals surface area contributed by atoms with Crippen molar-refractivity contribution in [1.82, 2.24) is 10.1 Å². The van der Waals surface area contributed by atoms with Gasteiger partial charge in [0, 0.05) is 12.8 Å². The number of benzene rings is 1. The van der Waals surface area contributed by atoms with E-state index >= 15 is 0 Å². The molecule has 100 valence electrons. The summed E-state index contributed by atoms with van der Waals surface area (Å²) in [5.74, 6) is 1.26. The molecule has 1 saturated carbocycles. The van der Waals surface area contributed by atoms with E-state index in [0.29, 0.717) is 18.3 Å². The van der Waals surface area contributed by atoms with Crippen LogP contribution in [0.5, 0.6) is 0 Å². The van der Waals surface area contributed by atoms with Crippen molar-refractivity contribution < 1.29 is 9.26 Å². The highest BCUT2D eigenvalue weighted by Crippen LogP contribution is 2.42. The predicted octanol–water partition coefficient (Wildman–Crippen LogP) is 2.71. The number of nitrogens with one attached hydrogen (secondary N) is 1. The lowest BCUT2D eigenvalue weighted by molar-refractivity contribution is -0.0858. The van der Waals surface area contributed by atoms with Gasteiger partial charge in [-0.2, -0.15) is 4.98 Å². The maximum Gasteiger partial charge on any atom is 0.246 e. The second-order valence-electron chi connectivity index (χ2n) is 4.78. The second-order valence-corrected chi connectivity index (χ2v) is 4.78. The van der Waals surface area contributed by atoms with Gasteiger partial charge in [-0.15, -0.1) is 0 Å². The number of para-hydroxylation sites is 1. The molecule has 5 heteroatoms. The zero-order valence-electron chi connectivity index (χ0n) is 10.9. The summed E-state index contributed by atoms with van der Waals surface area (Å²) in [6.45, 7) is 0.525. The molecule has 0 aliphatic heterocycles. The van der Waals surface area contributed by atoms with Crippen molar-refractivity contribution in [3.63, 3.8) is 0 Å². The standard InChI is InChI=1S/C14H17N3O2/c1-18-14(8-5-9-14)13-16-12(19-17-13)10-15-11-6-3-2-4-7-11/h2-4,6-7,15H,5,8-10H2,1H3. The van der Waals surface area contributed by atoms with Gasteiger partial charge in [-0.05, 0) is 31.4 Å². The molecule has 3 rings (SSSR count). The van der Waals surface area contributed by atoms with Gasteiger partial charge in [0.2, 0.25) is 11.7 Å². The fourth-order valence-electron chi connectivity index (χ4n) is 2.26. The number of ether oxygens (including phenoxy) is 1. The summed E-state index contributed by atoms with van der Waals surface area (Å²) in [5, 5.41) is 7.29. The van der Waals surface area contributed by atoms with Gasteiger partial charge in [0.1, 0.15) is 5.60 Å². The van der Waals surface area contributed by atoms with Crippen LogP contribution in [-0.4, -0.2) is 17.3 Å². The Labute approximate surface area is 112 Å². The van der Waals surface area contributed by atoms with E-state index in [1.54, 1.807) is 7.11 Å². The summed E-state index contributed by atoms with van der Waals surface area (Å²) in [4.78, 5) is 4.43. The van der Waals surface area contributed by atoms with E-state index in [2.05, 4.69) is 15.5 Å². The zero-order chi connectivity index (χ0) is 13.1. The van der Waals surface area contributed by atoms with Gasteiger partial charge < -0.3 is 14.6 Å². The van der Waals surface area contributed by atoms with Crippen LogP contribution in [0.15, 0.2) is 34.9 Å². The van der Waals surface area contributed by atoms with Crippen LogP contribution in [0.2, 0.25) is 0 Å². The molecular weight excluding hydrogens is 242 g/mol. The fourth-order valence-corrected chi connectivity index (χ4v) is 2.26. The van der Waals surface area contributed by atoms with E-state index in [-0.39, 0.29) is 5.60 Å². The molecule has 0 atom stereocenters. The lowest BCUT2D eigenvalue weighted by Gasteiger charge is -2.37. The molecule has 0 radical (unpaired) electrons. The molecule has 1 heterocycles. The van der Waals surface area contributed by atoms with Gasteiger partial charge >= 0.3 is 0 Å². The van der Waals surface area contributed by atoms with Gasteiger partial charge in [-0.3, -0.25) is 0 Å². The summed E-state index contributed by atoms with van der Waals surface area (Å²) in [5.41, 5.74) is 0.724. The summed E-state index contributed by atoms with van der Waals surface area (Å²) in [6, 6.07) is 9.94. The molecule has 5 nitrogen and oxygen atoms in total. The van der Waals surface area contributed by atoms with E-state index in [1.165, 1.54) is 0 Å². The zero-order valence-corrected chi connectivity index (χ0v) is 10.9. The van der Waals surface area contributed by atoms with Crippen molar-refractivity contribution in [3.8, 4) is 0 Å². The van der Waals surface area contributed by atoms with E-state index in [9.17, 15) is 0 Å². The van der Waals surface area contributed by atoms with Gasteiger partial charge in [0.25, 0.3) is 0 Å². The normalized spacial score (nSPS) is 16.9. The van der Waals surface area contributed by atoms with Gasteiger partial charge in [0.05, 0.1) is 6.54 Å². The number of hydrogen-bond acceptors (Lipinski definition) is 5. The Hall–Kier alpha value is -1.88. The number of nitrogens with zero attached hydrogens (tertiary/aromatic N) is 2. The summed E-state index contributed by atoms with van der Waals surface area (Å²) in [7, 11) is 1.71.